The summed E-state index contributed by atoms with van der Waals surface area (Å²) in [6, 6.07) is 0.839. The lowest BCUT2D eigenvalue weighted by atomic mass is 10.1. The van der Waals surface area contributed by atoms with Crippen LogP contribution in [0.15, 0.2) is 0 Å². The Hall–Kier alpha value is -0.770. The zero-order chi connectivity index (χ0) is 16.6. The molecule has 0 aromatic heterocycles. The van der Waals surface area contributed by atoms with Crippen molar-refractivity contribution in [3.05, 3.63) is 0 Å². The van der Waals surface area contributed by atoms with E-state index in [0.717, 1.165) is 32.4 Å². The van der Waals surface area contributed by atoms with Crippen molar-refractivity contribution < 1.29 is 9.53 Å². The molecular formula is C18H36N2O2. The third-order valence-corrected chi connectivity index (χ3v) is 4.35. The van der Waals surface area contributed by atoms with Gasteiger partial charge in [-0.15, -0.1) is 0 Å². The van der Waals surface area contributed by atoms with Crippen LogP contribution in [0.5, 0.6) is 0 Å². The zero-order valence-electron chi connectivity index (χ0n) is 15.3. The molecule has 1 saturated carbocycles. The van der Waals surface area contributed by atoms with E-state index in [1.807, 2.05) is 25.7 Å². The molecule has 0 spiro atoms. The summed E-state index contributed by atoms with van der Waals surface area (Å²) in [5, 5.41) is 3.49. The van der Waals surface area contributed by atoms with Crippen LogP contribution < -0.4 is 5.32 Å². The highest BCUT2D eigenvalue weighted by atomic mass is 16.6. The Labute approximate surface area is 137 Å². The second kappa shape index (κ2) is 9.39. The van der Waals surface area contributed by atoms with Crippen molar-refractivity contribution in [1.29, 1.82) is 0 Å². The fourth-order valence-corrected chi connectivity index (χ4v) is 2.89. The van der Waals surface area contributed by atoms with E-state index in [4.69, 9.17) is 4.74 Å². The first kappa shape index (κ1) is 19.3. The molecule has 1 amide bonds. The summed E-state index contributed by atoms with van der Waals surface area (Å²) in [7, 11) is 0. The number of hydrogen-bond acceptors (Lipinski definition) is 3. The fraction of sp³-hybridized carbons (Fsp3) is 0.944. The van der Waals surface area contributed by atoms with Gasteiger partial charge in [-0.3, -0.25) is 0 Å². The number of nitrogens with zero attached hydrogens (tertiary/aromatic N) is 1. The van der Waals surface area contributed by atoms with Crippen molar-refractivity contribution in [2.75, 3.05) is 13.1 Å². The van der Waals surface area contributed by atoms with E-state index in [-0.39, 0.29) is 6.09 Å². The Bertz CT molecular complexity index is 318. The van der Waals surface area contributed by atoms with E-state index in [0.29, 0.717) is 12.1 Å². The molecule has 4 nitrogen and oxygen atoms in total. The molecule has 1 fully saturated rings. The van der Waals surface area contributed by atoms with E-state index in [1.54, 1.807) is 0 Å². The molecule has 0 saturated heterocycles. The number of carbonyl (C=O) groups is 1. The number of carbonyl (C=O) groups excluding carboxylic acids is 1. The molecule has 22 heavy (non-hydrogen) atoms. The second-order valence-corrected chi connectivity index (χ2v) is 7.58. The average Bonchev–Trinajstić information content (AvgIpc) is 2.70. The molecule has 0 heterocycles. The van der Waals surface area contributed by atoms with Gasteiger partial charge in [0.1, 0.15) is 5.60 Å². The SMILES string of the molecule is CCC(C)NCCN(C(=O)OC(C)(C)C)C1CCCCCC1. The van der Waals surface area contributed by atoms with Gasteiger partial charge in [0, 0.05) is 25.2 Å². The lowest BCUT2D eigenvalue weighted by Crippen LogP contribution is -2.47. The Kier molecular flexibility index (Phi) is 8.23. The van der Waals surface area contributed by atoms with Crippen LogP contribution in [-0.2, 0) is 4.74 Å². The molecule has 1 N–H and O–H groups in total. The van der Waals surface area contributed by atoms with Gasteiger partial charge in [-0.05, 0) is 47.0 Å². The minimum absolute atomic E-state index is 0.148. The number of rotatable bonds is 6. The molecule has 0 bridgehead atoms. The quantitative estimate of drug-likeness (QED) is 0.742. The predicted molar refractivity (Wildman–Crippen MR) is 92.2 cm³/mol. The van der Waals surface area contributed by atoms with Crippen LogP contribution in [0.3, 0.4) is 0 Å². The van der Waals surface area contributed by atoms with E-state index in [9.17, 15) is 4.79 Å². The van der Waals surface area contributed by atoms with Crippen LogP contribution in [0.2, 0.25) is 0 Å². The third-order valence-electron chi connectivity index (χ3n) is 4.35. The maximum Gasteiger partial charge on any atom is 0.410 e. The van der Waals surface area contributed by atoms with Gasteiger partial charge < -0.3 is 15.0 Å². The zero-order valence-corrected chi connectivity index (χ0v) is 15.3. The van der Waals surface area contributed by atoms with Gasteiger partial charge in [0.25, 0.3) is 0 Å². The van der Waals surface area contributed by atoms with Gasteiger partial charge in [0.2, 0.25) is 0 Å². The van der Waals surface area contributed by atoms with Crippen LogP contribution in [0.4, 0.5) is 4.79 Å². The van der Waals surface area contributed by atoms with Crippen molar-refractivity contribution in [2.45, 2.75) is 97.2 Å². The molecule has 0 radical (unpaired) electrons. The minimum Gasteiger partial charge on any atom is -0.444 e. The van der Waals surface area contributed by atoms with Gasteiger partial charge >= 0.3 is 6.09 Å². The molecule has 1 atom stereocenters. The smallest absolute Gasteiger partial charge is 0.410 e. The van der Waals surface area contributed by atoms with Crippen molar-refractivity contribution >= 4 is 6.09 Å². The normalized spacial score (nSPS) is 18.6. The molecule has 0 aromatic carbocycles. The summed E-state index contributed by atoms with van der Waals surface area (Å²) in [4.78, 5) is 14.6. The largest absolute Gasteiger partial charge is 0.444 e. The van der Waals surface area contributed by atoms with E-state index in [1.165, 1.54) is 25.7 Å². The number of amides is 1. The van der Waals surface area contributed by atoms with Crippen LogP contribution in [-0.4, -0.2) is 41.8 Å². The Morgan fingerprint density at radius 2 is 1.82 bits per heavy atom. The van der Waals surface area contributed by atoms with Crippen molar-refractivity contribution in [1.82, 2.24) is 10.2 Å². The number of ether oxygens (including phenoxy) is 1. The Morgan fingerprint density at radius 1 is 1.23 bits per heavy atom. The first-order valence-corrected chi connectivity index (χ1v) is 9.06. The lowest BCUT2D eigenvalue weighted by Gasteiger charge is -2.33. The molecule has 4 heteroatoms. The Morgan fingerprint density at radius 3 is 2.32 bits per heavy atom. The van der Waals surface area contributed by atoms with Crippen LogP contribution in [0, 0.1) is 0 Å². The highest BCUT2D eigenvalue weighted by molar-refractivity contribution is 5.68. The van der Waals surface area contributed by atoms with Crippen LogP contribution in [0.25, 0.3) is 0 Å². The van der Waals surface area contributed by atoms with Gasteiger partial charge in [-0.1, -0.05) is 32.6 Å². The molecular weight excluding hydrogens is 276 g/mol. The predicted octanol–water partition coefficient (Wildman–Crippen LogP) is 4.33. The monoisotopic (exact) mass is 312 g/mol. The molecule has 0 aromatic rings. The van der Waals surface area contributed by atoms with Crippen LogP contribution in [0.1, 0.15) is 79.6 Å². The summed E-state index contributed by atoms with van der Waals surface area (Å²) >= 11 is 0. The minimum atomic E-state index is -0.426. The lowest BCUT2D eigenvalue weighted by molar-refractivity contribution is 0.0146. The van der Waals surface area contributed by atoms with E-state index in [2.05, 4.69) is 19.2 Å². The van der Waals surface area contributed by atoms with Gasteiger partial charge in [0.15, 0.2) is 0 Å². The first-order valence-electron chi connectivity index (χ1n) is 9.06. The summed E-state index contributed by atoms with van der Waals surface area (Å²) in [6.45, 7) is 11.8. The molecule has 0 aliphatic heterocycles. The maximum atomic E-state index is 12.6. The maximum absolute atomic E-state index is 12.6. The summed E-state index contributed by atoms with van der Waals surface area (Å²) in [5.41, 5.74) is -0.426. The van der Waals surface area contributed by atoms with Crippen molar-refractivity contribution in [3.63, 3.8) is 0 Å². The molecule has 1 rings (SSSR count). The number of hydrogen-bond donors (Lipinski definition) is 1. The Balaban J connectivity index is 2.64. The highest BCUT2D eigenvalue weighted by Crippen LogP contribution is 2.23. The third kappa shape index (κ3) is 7.48. The molecule has 1 aliphatic carbocycles. The second-order valence-electron chi connectivity index (χ2n) is 7.58. The average molecular weight is 312 g/mol. The fourth-order valence-electron chi connectivity index (χ4n) is 2.89. The van der Waals surface area contributed by atoms with Gasteiger partial charge in [-0.25, -0.2) is 4.79 Å². The van der Waals surface area contributed by atoms with Gasteiger partial charge in [0.05, 0.1) is 0 Å². The van der Waals surface area contributed by atoms with Crippen molar-refractivity contribution in [2.24, 2.45) is 0 Å². The molecule has 130 valence electrons. The first-order chi connectivity index (χ1) is 10.3. The van der Waals surface area contributed by atoms with Crippen molar-refractivity contribution in [3.8, 4) is 0 Å². The molecule has 1 unspecified atom stereocenters. The van der Waals surface area contributed by atoms with Crippen LogP contribution >= 0.6 is 0 Å². The summed E-state index contributed by atoms with van der Waals surface area (Å²) < 4.78 is 5.64. The topological polar surface area (TPSA) is 41.6 Å². The summed E-state index contributed by atoms with van der Waals surface area (Å²) in [6.07, 6.45) is 8.23. The van der Waals surface area contributed by atoms with E-state index < -0.39 is 5.60 Å². The van der Waals surface area contributed by atoms with Gasteiger partial charge in [-0.2, -0.15) is 0 Å². The highest BCUT2D eigenvalue weighted by Gasteiger charge is 2.28. The number of nitrogens with one attached hydrogen (secondary N) is 1. The molecule has 1 aliphatic rings. The summed E-state index contributed by atoms with van der Waals surface area (Å²) in [5.74, 6) is 0. The van der Waals surface area contributed by atoms with E-state index >= 15 is 0 Å². The standard InChI is InChI=1S/C18H36N2O2/c1-6-15(2)19-13-14-20(17(21)22-18(3,4)5)16-11-9-7-8-10-12-16/h15-16,19H,6-14H2,1-5H3.